The number of esters is 1. The summed E-state index contributed by atoms with van der Waals surface area (Å²) in [7, 11) is 3.41. The molecule has 1 aromatic heterocycles. The summed E-state index contributed by atoms with van der Waals surface area (Å²) < 4.78 is 29.9. The van der Waals surface area contributed by atoms with Crippen LogP contribution in [0.4, 0.5) is 15.9 Å². The Bertz CT molecular complexity index is 1150. The molecule has 32 heavy (non-hydrogen) atoms. The van der Waals surface area contributed by atoms with Crippen molar-refractivity contribution in [2.75, 3.05) is 39.2 Å². The van der Waals surface area contributed by atoms with E-state index in [4.69, 9.17) is 25.8 Å². The van der Waals surface area contributed by atoms with Crippen molar-refractivity contribution in [2.45, 2.75) is 12.5 Å². The first-order valence-electron chi connectivity index (χ1n) is 10.0. The van der Waals surface area contributed by atoms with Crippen LogP contribution in [0.3, 0.4) is 0 Å². The molecule has 1 N–H and O–H groups in total. The van der Waals surface area contributed by atoms with Gasteiger partial charge < -0.3 is 19.5 Å². The van der Waals surface area contributed by atoms with E-state index in [-0.39, 0.29) is 17.0 Å². The van der Waals surface area contributed by atoms with Crippen molar-refractivity contribution in [3.05, 3.63) is 47.5 Å². The maximum absolute atomic E-state index is 13.5. The van der Waals surface area contributed by atoms with Crippen molar-refractivity contribution < 1.29 is 23.4 Å². The normalized spacial score (nSPS) is 15.8. The molecule has 10 heteroatoms. The molecule has 1 unspecified atom stereocenters. The van der Waals surface area contributed by atoms with Crippen LogP contribution in [0.5, 0.6) is 11.5 Å². The van der Waals surface area contributed by atoms with Gasteiger partial charge in [-0.25, -0.2) is 14.4 Å². The van der Waals surface area contributed by atoms with Crippen LogP contribution < -0.4 is 14.8 Å². The topological polar surface area (TPSA) is 85.8 Å². The number of halogens is 2. The third-order valence-corrected chi connectivity index (χ3v) is 5.53. The number of anilines is 2. The Balaban J connectivity index is 1.52. The molecule has 1 aliphatic heterocycles. The molecule has 0 spiro atoms. The van der Waals surface area contributed by atoms with Crippen LogP contribution in [0.25, 0.3) is 10.9 Å². The molecular formula is C22H22ClFN4O4. The molecule has 1 fully saturated rings. The number of nitrogens with zero attached hydrogens (tertiary/aromatic N) is 3. The Morgan fingerprint density at radius 2 is 2.12 bits per heavy atom. The fraction of sp³-hybridized carbons (Fsp3) is 0.318. The van der Waals surface area contributed by atoms with Gasteiger partial charge in [0.1, 0.15) is 30.6 Å². The van der Waals surface area contributed by atoms with Gasteiger partial charge in [-0.3, -0.25) is 9.69 Å². The molecule has 4 rings (SSSR count). The van der Waals surface area contributed by atoms with Crippen LogP contribution in [0.1, 0.15) is 6.42 Å². The van der Waals surface area contributed by atoms with Crippen molar-refractivity contribution >= 4 is 40.0 Å². The minimum atomic E-state index is -0.497. The second kappa shape index (κ2) is 9.54. The minimum absolute atomic E-state index is 0.0115. The molecule has 0 bridgehead atoms. The molecule has 2 heterocycles. The van der Waals surface area contributed by atoms with Crippen molar-refractivity contribution in [2.24, 2.45) is 0 Å². The summed E-state index contributed by atoms with van der Waals surface area (Å²) in [5.74, 6) is 0.855. The number of nitrogens with one attached hydrogen (secondary N) is 1. The Labute approximate surface area is 189 Å². The van der Waals surface area contributed by atoms with Gasteiger partial charge in [-0.2, -0.15) is 0 Å². The number of carbonyl (C=O) groups is 1. The first-order chi connectivity index (χ1) is 15.5. The SMILES string of the molecule is COc1cc2c(Nc3ccc(F)c(Cl)c3)ncnc2cc1OCCN(C)C1CCOC1=O. The first kappa shape index (κ1) is 22.0. The lowest BCUT2D eigenvalue weighted by atomic mass is 10.2. The Morgan fingerprint density at radius 3 is 2.84 bits per heavy atom. The summed E-state index contributed by atoms with van der Waals surface area (Å²) in [6.07, 6.45) is 2.10. The number of likely N-dealkylation sites (N-methyl/N-ethyl adjacent to an activating group) is 1. The second-order valence-electron chi connectivity index (χ2n) is 7.30. The Hall–Kier alpha value is -3.17. The van der Waals surface area contributed by atoms with Crippen molar-refractivity contribution in [1.82, 2.24) is 14.9 Å². The summed E-state index contributed by atoms with van der Waals surface area (Å²) in [5.41, 5.74) is 1.23. The van der Waals surface area contributed by atoms with E-state index in [1.165, 1.54) is 18.5 Å². The van der Waals surface area contributed by atoms with E-state index < -0.39 is 5.82 Å². The molecule has 0 saturated carbocycles. The number of methoxy groups -OCH3 is 1. The van der Waals surface area contributed by atoms with Crippen LogP contribution >= 0.6 is 11.6 Å². The molecule has 1 saturated heterocycles. The third-order valence-electron chi connectivity index (χ3n) is 5.24. The van der Waals surface area contributed by atoms with Crippen LogP contribution in [0, 0.1) is 5.82 Å². The second-order valence-corrected chi connectivity index (χ2v) is 7.70. The van der Waals surface area contributed by atoms with Crippen LogP contribution in [-0.2, 0) is 9.53 Å². The molecule has 168 valence electrons. The zero-order valence-electron chi connectivity index (χ0n) is 17.6. The highest BCUT2D eigenvalue weighted by Gasteiger charge is 2.30. The lowest BCUT2D eigenvalue weighted by Gasteiger charge is -2.21. The number of aromatic nitrogens is 2. The number of fused-ring (bicyclic) bond motifs is 1. The molecule has 0 amide bonds. The van der Waals surface area contributed by atoms with Gasteiger partial charge in [0.15, 0.2) is 11.5 Å². The van der Waals surface area contributed by atoms with E-state index in [0.717, 1.165) is 0 Å². The van der Waals surface area contributed by atoms with Crippen LogP contribution in [0.2, 0.25) is 5.02 Å². The number of rotatable bonds is 8. The van der Waals surface area contributed by atoms with Gasteiger partial charge in [0.2, 0.25) is 0 Å². The molecule has 1 atom stereocenters. The van der Waals surface area contributed by atoms with E-state index in [0.29, 0.717) is 60.1 Å². The maximum Gasteiger partial charge on any atom is 0.323 e. The van der Waals surface area contributed by atoms with E-state index >= 15 is 0 Å². The van der Waals surface area contributed by atoms with E-state index in [1.807, 2.05) is 11.9 Å². The van der Waals surface area contributed by atoms with Gasteiger partial charge in [-0.05, 0) is 31.3 Å². The predicted octanol–water partition coefficient (Wildman–Crippen LogP) is 3.80. The summed E-state index contributed by atoms with van der Waals surface area (Å²) in [4.78, 5) is 22.3. The number of cyclic esters (lactones) is 1. The monoisotopic (exact) mass is 460 g/mol. The Morgan fingerprint density at radius 1 is 1.28 bits per heavy atom. The average molecular weight is 461 g/mol. The number of benzene rings is 2. The van der Waals surface area contributed by atoms with Gasteiger partial charge in [-0.15, -0.1) is 0 Å². The average Bonchev–Trinajstić information content (AvgIpc) is 3.22. The third kappa shape index (κ3) is 4.68. The van der Waals surface area contributed by atoms with Crippen molar-refractivity contribution in [3.63, 3.8) is 0 Å². The Kier molecular flexibility index (Phi) is 6.57. The zero-order valence-corrected chi connectivity index (χ0v) is 18.4. The van der Waals surface area contributed by atoms with Gasteiger partial charge >= 0.3 is 5.97 Å². The molecule has 8 nitrogen and oxygen atoms in total. The lowest BCUT2D eigenvalue weighted by Crippen LogP contribution is -2.37. The molecule has 1 aliphatic rings. The minimum Gasteiger partial charge on any atom is -0.493 e. The van der Waals surface area contributed by atoms with E-state index in [2.05, 4.69) is 15.3 Å². The van der Waals surface area contributed by atoms with Gasteiger partial charge in [0.25, 0.3) is 0 Å². The van der Waals surface area contributed by atoms with E-state index in [1.54, 1.807) is 25.3 Å². The zero-order chi connectivity index (χ0) is 22.7. The van der Waals surface area contributed by atoms with Crippen LogP contribution in [0.15, 0.2) is 36.7 Å². The van der Waals surface area contributed by atoms with Crippen molar-refractivity contribution in [1.29, 1.82) is 0 Å². The number of ether oxygens (including phenoxy) is 3. The molecule has 0 radical (unpaired) electrons. The molecule has 0 aliphatic carbocycles. The molecule has 2 aromatic carbocycles. The number of carbonyl (C=O) groups excluding carboxylic acids is 1. The predicted molar refractivity (Wildman–Crippen MR) is 118 cm³/mol. The van der Waals surface area contributed by atoms with Gasteiger partial charge in [0, 0.05) is 30.1 Å². The highest BCUT2D eigenvalue weighted by atomic mass is 35.5. The smallest absolute Gasteiger partial charge is 0.323 e. The van der Waals surface area contributed by atoms with E-state index in [9.17, 15) is 9.18 Å². The fourth-order valence-electron chi connectivity index (χ4n) is 3.49. The standard InChI is InChI=1S/C22H22ClFN4O4/c1-28(18-5-7-32-22(18)29)6-8-31-20-11-17-14(10-19(20)30-2)21(26-12-25-17)27-13-3-4-16(24)15(23)9-13/h3-4,9-12,18H,5-8H2,1-2H3,(H,25,26,27). The lowest BCUT2D eigenvalue weighted by molar-refractivity contribution is -0.142. The van der Waals surface area contributed by atoms with Gasteiger partial charge in [0.05, 0.1) is 24.3 Å². The van der Waals surface area contributed by atoms with Crippen LogP contribution in [-0.4, -0.2) is 60.8 Å². The first-order valence-corrected chi connectivity index (χ1v) is 10.4. The quantitative estimate of drug-likeness (QED) is 0.508. The highest BCUT2D eigenvalue weighted by Crippen LogP contribution is 2.35. The summed E-state index contributed by atoms with van der Waals surface area (Å²) in [5, 5.41) is 3.84. The summed E-state index contributed by atoms with van der Waals surface area (Å²) >= 11 is 5.87. The molecule has 3 aromatic rings. The maximum atomic E-state index is 13.5. The fourth-order valence-corrected chi connectivity index (χ4v) is 3.67. The largest absolute Gasteiger partial charge is 0.493 e. The van der Waals surface area contributed by atoms with Crippen molar-refractivity contribution in [3.8, 4) is 11.5 Å². The molecular weight excluding hydrogens is 439 g/mol. The summed E-state index contributed by atoms with van der Waals surface area (Å²) in [6, 6.07) is 7.64. The summed E-state index contributed by atoms with van der Waals surface area (Å²) in [6.45, 7) is 1.35. The number of hydrogen-bond acceptors (Lipinski definition) is 8. The number of hydrogen-bond donors (Lipinski definition) is 1. The van der Waals surface area contributed by atoms with Gasteiger partial charge in [-0.1, -0.05) is 11.6 Å². The highest BCUT2D eigenvalue weighted by molar-refractivity contribution is 6.31.